The third-order valence-electron chi connectivity index (χ3n) is 2.38. The molecule has 1 N–H and O–H groups in total. The van der Waals surface area contributed by atoms with Gasteiger partial charge in [-0.2, -0.15) is 5.10 Å². The zero-order chi connectivity index (χ0) is 11.5. The molecule has 0 spiro atoms. The molecule has 2 aromatic heterocycles. The maximum Gasteiger partial charge on any atom is 0.138 e. The van der Waals surface area contributed by atoms with Crippen LogP contribution >= 0.6 is 11.3 Å². The SMILES string of the molecule is CC(C)n1ncnc1CC(O)c1cccs1. The maximum absolute atomic E-state index is 10.0. The van der Waals surface area contributed by atoms with E-state index in [1.807, 2.05) is 22.2 Å². The van der Waals surface area contributed by atoms with Crippen molar-refractivity contribution in [3.05, 3.63) is 34.5 Å². The highest BCUT2D eigenvalue weighted by atomic mass is 32.1. The molecule has 0 radical (unpaired) electrons. The van der Waals surface area contributed by atoms with E-state index >= 15 is 0 Å². The first-order valence-electron chi connectivity index (χ1n) is 5.28. The van der Waals surface area contributed by atoms with E-state index in [1.54, 1.807) is 11.3 Å². The van der Waals surface area contributed by atoms with Gasteiger partial charge in [0.2, 0.25) is 0 Å². The Labute approximate surface area is 98.6 Å². The van der Waals surface area contributed by atoms with E-state index in [0.717, 1.165) is 10.7 Å². The molecule has 1 atom stereocenters. The summed E-state index contributed by atoms with van der Waals surface area (Å²) in [4.78, 5) is 5.15. The van der Waals surface area contributed by atoms with Gasteiger partial charge in [0.1, 0.15) is 12.2 Å². The molecule has 4 nitrogen and oxygen atoms in total. The Morgan fingerprint density at radius 3 is 2.94 bits per heavy atom. The fourth-order valence-electron chi connectivity index (χ4n) is 1.61. The van der Waals surface area contributed by atoms with Gasteiger partial charge in [0.25, 0.3) is 0 Å². The molecule has 1 unspecified atom stereocenters. The summed E-state index contributed by atoms with van der Waals surface area (Å²) in [6.07, 6.45) is 1.57. The Hall–Kier alpha value is -1.20. The highest BCUT2D eigenvalue weighted by Gasteiger charge is 2.15. The second-order valence-electron chi connectivity index (χ2n) is 3.95. The summed E-state index contributed by atoms with van der Waals surface area (Å²) in [5.41, 5.74) is 0. The van der Waals surface area contributed by atoms with Gasteiger partial charge in [-0.3, -0.25) is 0 Å². The zero-order valence-corrected chi connectivity index (χ0v) is 10.2. The highest BCUT2D eigenvalue weighted by Crippen LogP contribution is 2.22. The largest absolute Gasteiger partial charge is 0.387 e. The minimum Gasteiger partial charge on any atom is -0.387 e. The quantitative estimate of drug-likeness (QED) is 0.887. The summed E-state index contributed by atoms with van der Waals surface area (Å²) in [5.74, 6) is 0.830. The average Bonchev–Trinajstić information content (AvgIpc) is 2.86. The van der Waals surface area contributed by atoms with Gasteiger partial charge < -0.3 is 5.11 Å². The van der Waals surface area contributed by atoms with Crippen LogP contribution in [-0.4, -0.2) is 19.9 Å². The number of rotatable bonds is 4. The standard InChI is InChI=1S/C11H15N3OS/c1-8(2)14-11(12-7-13-14)6-9(15)10-4-3-5-16-10/h3-5,7-9,15H,6H2,1-2H3. The van der Waals surface area contributed by atoms with Crippen LogP contribution in [0.4, 0.5) is 0 Å². The van der Waals surface area contributed by atoms with E-state index in [0.29, 0.717) is 6.42 Å². The van der Waals surface area contributed by atoms with Crippen LogP contribution in [0.5, 0.6) is 0 Å². The molecule has 0 aliphatic rings. The molecule has 2 rings (SSSR count). The van der Waals surface area contributed by atoms with E-state index in [1.165, 1.54) is 6.33 Å². The lowest BCUT2D eigenvalue weighted by atomic mass is 10.2. The van der Waals surface area contributed by atoms with E-state index in [9.17, 15) is 5.11 Å². The van der Waals surface area contributed by atoms with Crippen LogP contribution in [0.3, 0.4) is 0 Å². The molecule has 2 heterocycles. The Kier molecular flexibility index (Phi) is 3.36. The summed E-state index contributed by atoms with van der Waals surface area (Å²) in [7, 11) is 0. The fraction of sp³-hybridized carbons (Fsp3) is 0.455. The minimum atomic E-state index is -0.485. The maximum atomic E-state index is 10.0. The molecule has 0 bridgehead atoms. The van der Waals surface area contributed by atoms with Gasteiger partial charge in [0.15, 0.2) is 0 Å². The van der Waals surface area contributed by atoms with Crippen molar-refractivity contribution in [3.63, 3.8) is 0 Å². The lowest BCUT2D eigenvalue weighted by Gasteiger charge is -2.12. The summed E-state index contributed by atoms with van der Waals surface area (Å²) >= 11 is 1.56. The molecular weight excluding hydrogens is 222 g/mol. The Morgan fingerprint density at radius 1 is 1.50 bits per heavy atom. The summed E-state index contributed by atoms with van der Waals surface area (Å²) in [6, 6.07) is 4.15. The Balaban J connectivity index is 2.12. The van der Waals surface area contributed by atoms with Crippen LogP contribution < -0.4 is 0 Å². The number of nitrogens with zero attached hydrogens (tertiary/aromatic N) is 3. The minimum absolute atomic E-state index is 0.271. The predicted molar refractivity (Wildman–Crippen MR) is 63.4 cm³/mol. The Morgan fingerprint density at radius 2 is 2.31 bits per heavy atom. The first-order chi connectivity index (χ1) is 7.68. The number of aliphatic hydroxyl groups excluding tert-OH is 1. The van der Waals surface area contributed by atoms with Crippen LogP contribution in [0, 0.1) is 0 Å². The second kappa shape index (κ2) is 4.76. The van der Waals surface area contributed by atoms with E-state index < -0.39 is 6.10 Å². The van der Waals surface area contributed by atoms with Crippen molar-refractivity contribution < 1.29 is 5.11 Å². The van der Waals surface area contributed by atoms with E-state index in [2.05, 4.69) is 23.9 Å². The van der Waals surface area contributed by atoms with Gasteiger partial charge in [-0.15, -0.1) is 11.3 Å². The van der Waals surface area contributed by atoms with Crippen molar-refractivity contribution in [1.29, 1.82) is 0 Å². The van der Waals surface area contributed by atoms with Crippen LogP contribution in [0.15, 0.2) is 23.8 Å². The Bertz CT molecular complexity index is 436. The molecule has 16 heavy (non-hydrogen) atoms. The first-order valence-corrected chi connectivity index (χ1v) is 6.16. The molecule has 0 fully saturated rings. The van der Waals surface area contributed by atoms with E-state index in [-0.39, 0.29) is 6.04 Å². The number of aromatic nitrogens is 3. The molecule has 0 amide bonds. The highest BCUT2D eigenvalue weighted by molar-refractivity contribution is 7.10. The molecule has 0 aromatic carbocycles. The average molecular weight is 237 g/mol. The molecule has 0 saturated heterocycles. The molecule has 0 aliphatic heterocycles. The van der Waals surface area contributed by atoms with Gasteiger partial charge >= 0.3 is 0 Å². The molecule has 0 saturated carbocycles. The van der Waals surface area contributed by atoms with Crippen LogP contribution in [0.2, 0.25) is 0 Å². The van der Waals surface area contributed by atoms with Crippen LogP contribution in [0.25, 0.3) is 0 Å². The van der Waals surface area contributed by atoms with Gasteiger partial charge in [0, 0.05) is 17.3 Å². The normalized spacial score (nSPS) is 13.2. The van der Waals surface area contributed by atoms with Gasteiger partial charge in [0.05, 0.1) is 6.10 Å². The summed E-state index contributed by atoms with van der Waals surface area (Å²) < 4.78 is 1.84. The molecule has 5 heteroatoms. The van der Waals surface area contributed by atoms with Gasteiger partial charge in [-0.1, -0.05) is 6.07 Å². The van der Waals surface area contributed by atoms with Crippen molar-refractivity contribution >= 4 is 11.3 Å². The monoisotopic (exact) mass is 237 g/mol. The van der Waals surface area contributed by atoms with Crippen LogP contribution in [0.1, 0.15) is 36.7 Å². The summed E-state index contributed by atoms with van der Waals surface area (Å²) in [5, 5.41) is 16.1. The molecule has 0 aliphatic carbocycles. The molecule has 86 valence electrons. The predicted octanol–water partition coefficient (Wildman–Crippen LogP) is 2.20. The number of aliphatic hydroxyl groups is 1. The third kappa shape index (κ3) is 2.31. The number of thiophene rings is 1. The second-order valence-corrected chi connectivity index (χ2v) is 4.93. The lowest BCUT2D eigenvalue weighted by molar-refractivity contribution is 0.177. The van der Waals surface area contributed by atoms with Crippen molar-refractivity contribution in [2.24, 2.45) is 0 Å². The summed E-state index contributed by atoms with van der Waals surface area (Å²) in [6.45, 7) is 4.10. The van der Waals surface area contributed by atoms with Crippen molar-refractivity contribution in [1.82, 2.24) is 14.8 Å². The van der Waals surface area contributed by atoms with Crippen molar-refractivity contribution in [2.45, 2.75) is 32.4 Å². The van der Waals surface area contributed by atoms with Crippen LogP contribution in [-0.2, 0) is 6.42 Å². The molecular formula is C11H15N3OS. The first kappa shape index (κ1) is 11.3. The number of hydrogen-bond acceptors (Lipinski definition) is 4. The van der Waals surface area contributed by atoms with Crippen molar-refractivity contribution in [3.8, 4) is 0 Å². The van der Waals surface area contributed by atoms with Gasteiger partial charge in [-0.25, -0.2) is 9.67 Å². The third-order valence-corrected chi connectivity index (χ3v) is 3.36. The van der Waals surface area contributed by atoms with Crippen molar-refractivity contribution in [2.75, 3.05) is 0 Å². The van der Waals surface area contributed by atoms with E-state index in [4.69, 9.17) is 0 Å². The lowest BCUT2D eigenvalue weighted by Crippen LogP contribution is -2.11. The zero-order valence-electron chi connectivity index (χ0n) is 9.37. The molecule has 2 aromatic rings. The fourth-order valence-corrected chi connectivity index (χ4v) is 2.32. The smallest absolute Gasteiger partial charge is 0.138 e. The topological polar surface area (TPSA) is 50.9 Å². The van der Waals surface area contributed by atoms with Gasteiger partial charge in [-0.05, 0) is 25.3 Å². The number of hydrogen-bond donors (Lipinski definition) is 1.